The Morgan fingerprint density at radius 2 is 0.759 bits per heavy atom. The zero-order chi connectivity index (χ0) is 39.3. The van der Waals surface area contributed by atoms with Crippen molar-refractivity contribution >= 4 is 11.9 Å². The molecule has 54 heavy (non-hydrogen) atoms. The van der Waals surface area contributed by atoms with Crippen molar-refractivity contribution in [1.29, 1.82) is 0 Å². The van der Waals surface area contributed by atoms with Crippen LogP contribution in [-0.4, -0.2) is 36.4 Å². The van der Waals surface area contributed by atoms with E-state index in [1.807, 2.05) is 0 Å². The third-order valence-corrected chi connectivity index (χ3v) is 10.1. The van der Waals surface area contributed by atoms with Crippen molar-refractivity contribution in [3.05, 3.63) is 48.6 Å². The van der Waals surface area contributed by atoms with E-state index in [0.717, 1.165) is 44.9 Å². The number of unbranched alkanes of at least 4 members (excludes halogenated alkanes) is 26. The summed E-state index contributed by atoms with van der Waals surface area (Å²) < 4.78 is 10.6. The first-order valence-corrected chi connectivity index (χ1v) is 23.2. The maximum absolute atomic E-state index is 12.2. The van der Waals surface area contributed by atoms with Crippen molar-refractivity contribution < 1.29 is 24.2 Å². The van der Waals surface area contributed by atoms with Crippen LogP contribution in [0.15, 0.2) is 48.6 Å². The second kappa shape index (κ2) is 45.3. The van der Waals surface area contributed by atoms with Crippen LogP contribution in [-0.2, 0) is 19.1 Å². The van der Waals surface area contributed by atoms with E-state index in [-0.39, 0.29) is 25.2 Å². The lowest BCUT2D eigenvalue weighted by Gasteiger charge is -2.15. The van der Waals surface area contributed by atoms with E-state index >= 15 is 0 Å². The van der Waals surface area contributed by atoms with Gasteiger partial charge >= 0.3 is 11.9 Å². The van der Waals surface area contributed by atoms with Gasteiger partial charge in [-0.05, 0) is 51.4 Å². The van der Waals surface area contributed by atoms with Crippen LogP contribution < -0.4 is 0 Å². The van der Waals surface area contributed by atoms with Crippen LogP contribution in [0.2, 0.25) is 0 Å². The van der Waals surface area contributed by atoms with Gasteiger partial charge in [-0.1, -0.05) is 217 Å². The SMILES string of the molecule is CCCCCCCCC/C=C/C/C=C/C/C=C/C/C=C/CCCC(=O)OC[C@H](CO)OC(=O)CCCCCCCCCCCCCCCCCCCCC. The van der Waals surface area contributed by atoms with Crippen molar-refractivity contribution in [3.63, 3.8) is 0 Å². The average molecular weight is 757 g/mol. The standard InChI is InChI=1S/C49H88O5/c1-3-5-7-9-11-13-15-17-19-21-23-24-26-27-29-31-33-35-37-39-41-43-48(51)53-46-47(45-50)54-49(52)44-42-40-38-36-34-32-30-28-25-22-20-18-16-14-12-10-8-6-4-2/h19,21,24,26,29,31,35,37,47,50H,3-18,20,22-23,25,27-28,30,32-34,36,38-46H2,1-2H3/b21-19+,26-24+,31-29+,37-35+/t47-/m0/s1. The molecule has 1 atom stereocenters. The fraction of sp³-hybridized carbons (Fsp3) is 0.796. The number of carbonyl (C=O) groups excluding carboxylic acids is 2. The monoisotopic (exact) mass is 757 g/mol. The van der Waals surface area contributed by atoms with Gasteiger partial charge in [-0.2, -0.15) is 0 Å². The maximum Gasteiger partial charge on any atom is 0.306 e. The summed E-state index contributed by atoms with van der Waals surface area (Å²) in [6, 6.07) is 0. The second-order valence-electron chi connectivity index (χ2n) is 15.5. The molecule has 0 aromatic carbocycles. The second-order valence-corrected chi connectivity index (χ2v) is 15.5. The van der Waals surface area contributed by atoms with E-state index in [1.54, 1.807) is 0 Å². The van der Waals surface area contributed by atoms with Gasteiger partial charge in [0.25, 0.3) is 0 Å². The van der Waals surface area contributed by atoms with Gasteiger partial charge in [0.1, 0.15) is 6.61 Å². The third kappa shape index (κ3) is 42.6. The lowest BCUT2D eigenvalue weighted by atomic mass is 10.0. The van der Waals surface area contributed by atoms with E-state index in [2.05, 4.69) is 62.5 Å². The Kier molecular flexibility index (Phi) is 43.5. The van der Waals surface area contributed by atoms with E-state index in [0.29, 0.717) is 19.3 Å². The number of hydrogen-bond donors (Lipinski definition) is 1. The van der Waals surface area contributed by atoms with Crippen LogP contribution in [0, 0.1) is 0 Å². The molecule has 0 bridgehead atoms. The maximum atomic E-state index is 12.2. The number of carbonyl (C=O) groups is 2. The Balaban J connectivity index is 3.60. The van der Waals surface area contributed by atoms with Crippen molar-refractivity contribution in [2.75, 3.05) is 13.2 Å². The number of allylic oxidation sites excluding steroid dienone is 8. The minimum Gasteiger partial charge on any atom is -0.462 e. The number of rotatable bonds is 42. The highest BCUT2D eigenvalue weighted by Crippen LogP contribution is 2.15. The largest absolute Gasteiger partial charge is 0.462 e. The molecule has 0 heterocycles. The van der Waals surface area contributed by atoms with Crippen LogP contribution in [0.4, 0.5) is 0 Å². The third-order valence-electron chi connectivity index (χ3n) is 10.1. The molecule has 5 heteroatoms. The summed E-state index contributed by atoms with van der Waals surface area (Å²) in [5.74, 6) is -0.648. The lowest BCUT2D eigenvalue weighted by molar-refractivity contribution is -0.161. The molecule has 0 saturated heterocycles. The lowest BCUT2D eigenvalue weighted by Crippen LogP contribution is -2.28. The predicted molar refractivity (Wildman–Crippen MR) is 233 cm³/mol. The van der Waals surface area contributed by atoms with Gasteiger partial charge in [0, 0.05) is 12.8 Å². The molecule has 0 rings (SSSR count). The summed E-state index contributed by atoms with van der Waals surface area (Å²) in [4.78, 5) is 24.3. The number of hydrogen-bond acceptors (Lipinski definition) is 5. The Labute approximate surface area is 335 Å². The molecule has 0 aliphatic rings. The molecule has 0 aromatic heterocycles. The normalized spacial score (nSPS) is 12.6. The van der Waals surface area contributed by atoms with Crippen molar-refractivity contribution in [2.45, 2.75) is 238 Å². The van der Waals surface area contributed by atoms with Crippen LogP contribution in [0.3, 0.4) is 0 Å². The smallest absolute Gasteiger partial charge is 0.306 e. The zero-order valence-corrected chi connectivity index (χ0v) is 35.7. The van der Waals surface area contributed by atoms with E-state index < -0.39 is 6.10 Å². The number of aliphatic hydroxyl groups is 1. The number of ether oxygens (including phenoxy) is 2. The topological polar surface area (TPSA) is 72.8 Å². The zero-order valence-electron chi connectivity index (χ0n) is 35.7. The van der Waals surface area contributed by atoms with Gasteiger partial charge in [-0.3, -0.25) is 9.59 Å². The van der Waals surface area contributed by atoms with E-state index in [4.69, 9.17) is 9.47 Å². The van der Waals surface area contributed by atoms with E-state index in [1.165, 1.54) is 154 Å². The molecule has 0 unspecified atom stereocenters. The Morgan fingerprint density at radius 1 is 0.426 bits per heavy atom. The van der Waals surface area contributed by atoms with Crippen molar-refractivity contribution in [1.82, 2.24) is 0 Å². The van der Waals surface area contributed by atoms with Gasteiger partial charge in [-0.15, -0.1) is 0 Å². The van der Waals surface area contributed by atoms with Gasteiger partial charge in [0.2, 0.25) is 0 Å². The molecular formula is C49H88O5. The van der Waals surface area contributed by atoms with Gasteiger partial charge in [-0.25, -0.2) is 0 Å². The van der Waals surface area contributed by atoms with Crippen molar-refractivity contribution in [3.8, 4) is 0 Å². The van der Waals surface area contributed by atoms with Gasteiger partial charge in [0.05, 0.1) is 6.61 Å². The summed E-state index contributed by atoms with van der Waals surface area (Å²) in [5.41, 5.74) is 0. The summed E-state index contributed by atoms with van der Waals surface area (Å²) >= 11 is 0. The first-order valence-electron chi connectivity index (χ1n) is 23.2. The summed E-state index contributed by atoms with van der Waals surface area (Å²) in [6.45, 7) is 4.11. The van der Waals surface area contributed by atoms with Crippen LogP contribution in [0.1, 0.15) is 232 Å². The highest BCUT2D eigenvalue weighted by atomic mass is 16.6. The average Bonchev–Trinajstić information content (AvgIpc) is 3.17. The number of esters is 2. The highest BCUT2D eigenvalue weighted by Gasteiger charge is 2.16. The van der Waals surface area contributed by atoms with Crippen LogP contribution in [0.5, 0.6) is 0 Å². The van der Waals surface area contributed by atoms with Crippen LogP contribution in [0.25, 0.3) is 0 Å². The fourth-order valence-electron chi connectivity index (χ4n) is 6.61. The molecule has 0 fully saturated rings. The number of aliphatic hydroxyl groups excluding tert-OH is 1. The summed E-state index contributed by atoms with van der Waals surface area (Å²) in [5, 5.41) is 9.59. The predicted octanol–water partition coefficient (Wildman–Crippen LogP) is 15.0. The molecule has 0 aromatic rings. The summed E-state index contributed by atoms with van der Waals surface area (Å²) in [6.07, 6.45) is 57.7. The van der Waals surface area contributed by atoms with Crippen LogP contribution >= 0.6 is 0 Å². The fourth-order valence-corrected chi connectivity index (χ4v) is 6.61. The first-order chi connectivity index (χ1) is 26.6. The molecule has 0 spiro atoms. The molecule has 0 saturated carbocycles. The Bertz CT molecular complexity index is 904. The molecule has 0 aliphatic heterocycles. The molecule has 5 nitrogen and oxygen atoms in total. The van der Waals surface area contributed by atoms with E-state index in [9.17, 15) is 14.7 Å². The quantitative estimate of drug-likeness (QED) is 0.0381. The van der Waals surface area contributed by atoms with Gasteiger partial charge < -0.3 is 14.6 Å². The molecule has 0 amide bonds. The van der Waals surface area contributed by atoms with Crippen molar-refractivity contribution in [2.24, 2.45) is 0 Å². The minimum atomic E-state index is -0.792. The first kappa shape index (κ1) is 51.9. The highest BCUT2D eigenvalue weighted by molar-refractivity contribution is 5.70. The van der Waals surface area contributed by atoms with Gasteiger partial charge in [0.15, 0.2) is 6.10 Å². The minimum absolute atomic E-state index is 0.0924. The Hall–Kier alpha value is -2.14. The Morgan fingerprint density at radius 3 is 1.17 bits per heavy atom. The molecule has 0 radical (unpaired) electrons. The molecule has 314 valence electrons. The summed E-state index contributed by atoms with van der Waals surface area (Å²) in [7, 11) is 0. The molecular weight excluding hydrogens is 669 g/mol. The molecule has 1 N–H and O–H groups in total. The molecule has 0 aliphatic carbocycles.